The smallest absolute Gasteiger partial charge is 0.186 e. The standard InChI is InChI=1S/C20H28O8/c1-9-5-11-6-12(7-21)13(10(2)15(11)16(9)23)3-4-27-20-19(26)18(25)17(24)14(8-22)28-20/h6,9,14,17-22,24-26H,3-5,7-8H2,1-2H3. The number of carbonyl (C=O) groups excluding carboxylic acids is 1. The van der Waals surface area contributed by atoms with Crippen LogP contribution in [0.25, 0.3) is 0 Å². The van der Waals surface area contributed by atoms with Gasteiger partial charge in [-0.25, -0.2) is 0 Å². The van der Waals surface area contributed by atoms with Crippen molar-refractivity contribution in [2.24, 2.45) is 5.92 Å². The molecule has 0 amide bonds. The van der Waals surface area contributed by atoms with Gasteiger partial charge in [0.15, 0.2) is 12.1 Å². The summed E-state index contributed by atoms with van der Waals surface area (Å²) in [7, 11) is 0. The number of hydrogen-bond acceptors (Lipinski definition) is 8. The third-order valence-corrected chi connectivity index (χ3v) is 5.76. The Balaban J connectivity index is 1.72. The van der Waals surface area contributed by atoms with Crippen LogP contribution in [0.5, 0.6) is 0 Å². The summed E-state index contributed by atoms with van der Waals surface area (Å²) < 4.78 is 10.9. The van der Waals surface area contributed by atoms with E-state index in [0.29, 0.717) is 18.4 Å². The first-order chi connectivity index (χ1) is 13.3. The molecule has 1 aromatic rings. The number of carbonyl (C=O) groups is 1. The maximum absolute atomic E-state index is 12.4. The third kappa shape index (κ3) is 3.73. The van der Waals surface area contributed by atoms with Crippen LogP contribution in [0.1, 0.15) is 39.5 Å². The molecule has 1 aromatic carbocycles. The lowest BCUT2D eigenvalue weighted by Crippen LogP contribution is -2.59. The highest BCUT2D eigenvalue weighted by atomic mass is 16.7. The molecule has 1 heterocycles. The highest BCUT2D eigenvalue weighted by Gasteiger charge is 2.44. The number of hydrogen-bond donors (Lipinski definition) is 5. The van der Waals surface area contributed by atoms with E-state index in [2.05, 4.69) is 0 Å². The van der Waals surface area contributed by atoms with E-state index in [-0.39, 0.29) is 24.9 Å². The number of rotatable bonds is 6. The van der Waals surface area contributed by atoms with E-state index in [9.17, 15) is 30.3 Å². The fraction of sp³-hybridized carbons (Fsp3) is 0.650. The number of ether oxygens (including phenoxy) is 2. The highest BCUT2D eigenvalue weighted by Crippen LogP contribution is 2.33. The molecule has 0 saturated carbocycles. The van der Waals surface area contributed by atoms with Crippen LogP contribution >= 0.6 is 0 Å². The maximum Gasteiger partial charge on any atom is 0.186 e. The van der Waals surface area contributed by atoms with Crippen molar-refractivity contribution < 1.29 is 39.8 Å². The zero-order chi connectivity index (χ0) is 20.6. The van der Waals surface area contributed by atoms with Crippen molar-refractivity contribution in [3.8, 4) is 0 Å². The van der Waals surface area contributed by atoms with Gasteiger partial charge in [0.2, 0.25) is 0 Å². The van der Waals surface area contributed by atoms with E-state index >= 15 is 0 Å². The second-order valence-electron chi connectivity index (χ2n) is 7.62. The van der Waals surface area contributed by atoms with Gasteiger partial charge in [0, 0.05) is 11.5 Å². The second-order valence-corrected chi connectivity index (χ2v) is 7.62. The van der Waals surface area contributed by atoms with Crippen LogP contribution in [-0.4, -0.2) is 75.2 Å². The van der Waals surface area contributed by atoms with Crippen LogP contribution in [0.2, 0.25) is 0 Å². The summed E-state index contributed by atoms with van der Waals surface area (Å²) in [6.45, 7) is 3.16. The molecule has 0 radical (unpaired) electrons. The van der Waals surface area contributed by atoms with E-state index in [0.717, 1.165) is 22.3 Å². The molecule has 1 fully saturated rings. The van der Waals surface area contributed by atoms with E-state index in [1.807, 2.05) is 19.9 Å². The van der Waals surface area contributed by atoms with Crippen molar-refractivity contribution in [2.75, 3.05) is 13.2 Å². The maximum atomic E-state index is 12.4. The summed E-state index contributed by atoms with van der Waals surface area (Å²) in [4.78, 5) is 12.4. The summed E-state index contributed by atoms with van der Waals surface area (Å²) in [5.74, 6) is 0.0361. The summed E-state index contributed by atoms with van der Waals surface area (Å²) in [6, 6.07) is 1.87. The second kappa shape index (κ2) is 8.54. The summed E-state index contributed by atoms with van der Waals surface area (Å²) in [6.07, 6.45) is -5.59. The van der Waals surface area contributed by atoms with E-state index in [1.54, 1.807) is 0 Å². The molecule has 0 bridgehead atoms. The number of benzene rings is 1. The highest BCUT2D eigenvalue weighted by molar-refractivity contribution is 6.03. The molecule has 28 heavy (non-hydrogen) atoms. The van der Waals surface area contributed by atoms with Gasteiger partial charge >= 0.3 is 0 Å². The Kier molecular flexibility index (Phi) is 6.51. The molecule has 0 spiro atoms. The van der Waals surface area contributed by atoms with Gasteiger partial charge in [-0.2, -0.15) is 0 Å². The molecule has 8 heteroatoms. The van der Waals surface area contributed by atoms with Gasteiger partial charge in [-0.3, -0.25) is 4.79 Å². The largest absolute Gasteiger partial charge is 0.394 e. The lowest BCUT2D eigenvalue weighted by atomic mass is 9.92. The average molecular weight is 396 g/mol. The van der Waals surface area contributed by atoms with E-state index < -0.39 is 37.3 Å². The van der Waals surface area contributed by atoms with Gasteiger partial charge in [0.1, 0.15) is 24.4 Å². The number of aliphatic hydroxyl groups is 5. The SMILES string of the molecule is Cc1c(CCOC2OC(CO)C(O)C(O)C2O)c(CO)cc2c1C(=O)C(C)C2. The molecule has 1 saturated heterocycles. The lowest BCUT2D eigenvalue weighted by molar-refractivity contribution is -0.300. The summed E-state index contributed by atoms with van der Waals surface area (Å²) in [5.41, 5.74) is 4.04. The topological polar surface area (TPSA) is 137 Å². The number of ketones is 1. The van der Waals surface area contributed by atoms with Crippen molar-refractivity contribution in [3.05, 3.63) is 33.9 Å². The van der Waals surface area contributed by atoms with Crippen LogP contribution in [0.15, 0.2) is 6.07 Å². The number of aliphatic hydroxyl groups excluding tert-OH is 5. The van der Waals surface area contributed by atoms with Crippen molar-refractivity contribution in [1.82, 2.24) is 0 Å². The first kappa shape index (κ1) is 21.3. The molecule has 156 valence electrons. The minimum Gasteiger partial charge on any atom is -0.394 e. The fourth-order valence-corrected chi connectivity index (χ4v) is 4.15. The average Bonchev–Trinajstić information content (AvgIpc) is 2.97. The van der Waals surface area contributed by atoms with E-state index in [1.165, 1.54) is 0 Å². The van der Waals surface area contributed by atoms with Gasteiger partial charge < -0.3 is 35.0 Å². The van der Waals surface area contributed by atoms with Crippen LogP contribution in [0, 0.1) is 12.8 Å². The first-order valence-corrected chi connectivity index (χ1v) is 9.51. The molecule has 6 atom stereocenters. The molecule has 6 unspecified atom stereocenters. The fourth-order valence-electron chi connectivity index (χ4n) is 4.15. The zero-order valence-electron chi connectivity index (χ0n) is 16.0. The molecule has 5 N–H and O–H groups in total. The van der Waals surface area contributed by atoms with Crippen molar-refractivity contribution >= 4 is 5.78 Å². The van der Waals surface area contributed by atoms with Gasteiger partial charge in [0.05, 0.1) is 19.8 Å². The van der Waals surface area contributed by atoms with Crippen molar-refractivity contribution in [2.45, 2.75) is 64.0 Å². The minimum absolute atomic E-state index is 0.0686. The van der Waals surface area contributed by atoms with Crippen molar-refractivity contribution in [1.29, 1.82) is 0 Å². The molecular formula is C20H28O8. The Labute approximate surface area is 163 Å². The first-order valence-electron chi connectivity index (χ1n) is 9.51. The minimum atomic E-state index is -1.50. The van der Waals surface area contributed by atoms with Crippen LogP contribution in [-0.2, 0) is 28.9 Å². The third-order valence-electron chi connectivity index (χ3n) is 5.76. The van der Waals surface area contributed by atoms with Crippen molar-refractivity contribution in [3.63, 3.8) is 0 Å². The number of Topliss-reactive ketones (excluding diaryl/α,β-unsaturated/α-hetero) is 1. The molecular weight excluding hydrogens is 368 g/mol. The van der Waals surface area contributed by atoms with Crippen LogP contribution in [0.4, 0.5) is 0 Å². The Morgan fingerprint density at radius 2 is 1.89 bits per heavy atom. The van der Waals surface area contributed by atoms with Gasteiger partial charge in [-0.15, -0.1) is 0 Å². The van der Waals surface area contributed by atoms with Crippen LogP contribution < -0.4 is 0 Å². The molecule has 2 aliphatic rings. The predicted octanol–water partition coefficient (Wildman–Crippen LogP) is -0.779. The zero-order valence-corrected chi connectivity index (χ0v) is 16.0. The van der Waals surface area contributed by atoms with Gasteiger partial charge in [0.25, 0.3) is 0 Å². The molecule has 3 rings (SSSR count). The summed E-state index contributed by atoms with van der Waals surface area (Å²) in [5, 5.41) is 48.7. The Bertz CT molecular complexity index is 731. The predicted molar refractivity (Wildman–Crippen MR) is 97.7 cm³/mol. The molecule has 0 aromatic heterocycles. The lowest BCUT2D eigenvalue weighted by Gasteiger charge is -2.39. The summed E-state index contributed by atoms with van der Waals surface area (Å²) >= 11 is 0. The normalized spacial score (nSPS) is 32.6. The van der Waals surface area contributed by atoms with Gasteiger partial charge in [-0.05, 0) is 42.0 Å². The molecule has 1 aliphatic carbocycles. The Morgan fingerprint density at radius 3 is 2.54 bits per heavy atom. The Morgan fingerprint density at radius 1 is 1.18 bits per heavy atom. The molecule has 8 nitrogen and oxygen atoms in total. The number of fused-ring (bicyclic) bond motifs is 1. The molecule has 1 aliphatic heterocycles. The monoisotopic (exact) mass is 396 g/mol. The Hall–Kier alpha value is -1.39. The van der Waals surface area contributed by atoms with E-state index in [4.69, 9.17) is 9.47 Å². The quantitative estimate of drug-likeness (QED) is 0.422. The van der Waals surface area contributed by atoms with Gasteiger partial charge in [-0.1, -0.05) is 13.0 Å². The van der Waals surface area contributed by atoms with Crippen LogP contribution in [0.3, 0.4) is 0 Å².